The van der Waals surface area contributed by atoms with Crippen molar-refractivity contribution in [3.63, 3.8) is 0 Å². The van der Waals surface area contributed by atoms with Crippen LogP contribution in [-0.2, 0) is 11.3 Å². The number of nitrogens with one attached hydrogen (secondary N) is 1. The first-order valence-corrected chi connectivity index (χ1v) is 7.89. The molecule has 0 fully saturated rings. The van der Waals surface area contributed by atoms with E-state index in [1.807, 2.05) is 11.8 Å². The molecule has 1 unspecified atom stereocenters. The fourth-order valence-corrected chi connectivity index (χ4v) is 3.83. The van der Waals surface area contributed by atoms with E-state index >= 15 is 0 Å². The van der Waals surface area contributed by atoms with Crippen molar-refractivity contribution in [2.75, 3.05) is 24.7 Å². The molecule has 0 saturated carbocycles. The summed E-state index contributed by atoms with van der Waals surface area (Å²) in [4.78, 5) is 1.44. The van der Waals surface area contributed by atoms with Crippen LogP contribution in [0.3, 0.4) is 0 Å². The van der Waals surface area contributed by atoms with Crippen LogP contribution in [0, 0.1) is 0 Å². The number of fused-ring (bicyclic) bond motifs is 1. The Kier molecular flexibility index (Phi) is 4.28. The lowest BCUT2D eigenvalue weighted by atomic mass is 10.0. The van der Waals surface area contributed by atoms with Gasteiger partial charge in [-0.25, -0.2) is 0 Å². The van der Waals surface area contributed by atoms with Gasteiger partial charge in [-0.15, -0.1) is 11.8 Å². The van der Waals surface area contributed by atoms with Gasteiger partial charge in [0.15, 0.2) is 0 Å². The number of ether oxygens (including phenoxy) is 1. The second kappa shape index (κ2) is 6.33. The van der Waals surface area contributed by atoms with Crippen molar-refractivity contribution < 1.29 is 4.74 Å². The fourth-order valence-electron chi connectivity index (χ4n) is 2.58. The number of benzene rings is 2. The van der Waals surface area contributed by atoms with Gasteiger partial charge in [0.05, 0.1) is 6.61 Å². The van der Waals surface area contributed by atoms with Crippen molar-refractivity contribution in [2.45, 2.75) is 17.4 Å². The monoisotopic (exact) mass is 285 g/mol. The average molecular weight is 285 g/mol. The Bertz CT molecular complexity index is 585. The van der Waals surface area contributed by atoms with E-state index in [0.717, 1.165) is 6.54 Å². The van der Waals surface area contributed by atoms with Gasteiger partial charge in [-0.2, -0.15) is 0 Å². The number of hydrogen-bond donors (Lipinski definition) is 1. The standard InChI is InChI=1S/C17H19NOS/c1-19-11-13-5-4-6-15(9-13)18-10-14-12-20-17-8-3-2-7-16(14)17/h2-9,14,18H,10-12H2,1H3. The summed E-state index contributed by atoms with van der Waals surface area (Å²) in [7, 11) is 1.73. The first-order chi connectivity index (χ1) is 9.86. The summed E-state index contributed by atoms with van der Waals surface area (Å²) >= 11 is 1.96. The van der Waals surface area contributed by atoms with Crippen LogP contribution < -0.4 is 5.32 Å². The lowest BCUT2D eigenvalue weighted by molar-refractivity contribution is 0.185. The molecule has 1 heterocycles. The Hall–Kier alpha value is -1.45. The van der Waals surface area contributed by atoms with Crippen molar-refractivity contribution in [1.29, 1.82) is 0 Å². The van der Waals surface area contributed by atoms with Gasteiger partial charge in [0, 0.05) is 35.9 Å². The van der Waals surface area contributed by atoms with E-state index in [1.165, 1.54) is 27.5 Å². The Morgan fingerprint density at radius 2 is 2.10 bits per heavy atom. The van der Waals surface area contributed by atoms with Gasteiger partial charge >= 0.3 is 0 Å². The normalized spacial score (nSPS) is 16.9. The maximum atomic E-state index is 5.18. The Morgan fingerprint density at radius 1 is 1.20 bits per heavy atom. The number of rotatable bonds is 5. The summed E-state index contributed by atoms with van der Waals surface area (Å²) in [5.74, 6) is 1.77. The van der Waals surface area contributed by atoms with Crippen LogP contribution in [0.5, 0.6) is 0 Å². The summed E-state index contributed by atoms with van der Waals surface area (Å²) < 4.78 is 5.18. The Labute approximate surface area is 124 Å². The van der Waals surface area contributed by atoms with E-state index in [9.17, 15) is 0 Å². The summed E-state index contributed by atoms with van der Waals surface area (Å²) in [5.41, 5.74) is 3.87. The van der Waals surface area contributed by atoms with Gasteiger partial charge in [-0.3, -0.25) is 0 Å². The minimum Gasteiger partial charge on any atom is -0.384 e. The highest BCUT2D eigenvalue weighted by Crippen LogP contribution is 2.39. The van der Waals surface area contributed by atoms with Gasteiger partial charge in [-0.05, 0) is 29.3 Å². The molecule has 20 heavy (non-hydrogen) atoms. The summed E-state index contributed by atoms with van der Waals surface area (Å²) in [6, 6.07) is 17.2. The van der Waals surface area contributed by atoms with Crippen molar-refractivity contribution in [3.05, 3.63) is 59.7 Å². The molecule has 1 aliphatic heterocycles. The van der Waals surface area contributed by atoms with Crippen LogP contribution in [0.2, 0.25) is 0 Å². The number of methoxy groups -OCH3 is 1. The molecule has 3 rings (SSSR count). The van der Waals surface area contributed by atoms with E-state index in [4.69, 9.17) is 4.74 Å². The summed E-state index contributed by atoms with van der Waals surface area (Å²) in [6.07, 6.45) is 0. The Morgan fingerprint density at radius 3 is 3.00 bits per heavy atom. The second-order valence-corrected chi connectivity index (χ2v) is 6.12. The highest BCUT2D eigenvalue weighted by Gasteiger charge is 2.22. The van der Waals surface area contributed by atoms with E-state index in [2.05, 4.69) is 53.8 Å². The minimum atomic E-state index is 0.599. The number of anilines is 1. The summed E-state index contributed by atoms with van der Waals surface area (Å²) in [5, 5.41) is 3.56. The highest BCUT2D eigenvalue weighted by atomic mass is 32.2. The molecule has 2 aromatic carbocycles. The molecular weight excluding hydrogens is 266 g/mol. The molecule has 0 saturated heterocycles. The molecule has 0 amide bonds. The zero-order chi connectivity index (χ0) is 13.8. The van der Waals surface area contributed by atoms with Crippen LogP contribution in [0.4, 0.5) is 5.69 Å². The lowest BCUT2D eigenvalue weighted by Crippen LogP contribution is -2.12. The van der Waals surface area contributed by atoms with Crippen LogP contribution in [0.25, 0.3) is 0 Å². The van der Waals surface area contributed by atoms with Crippen LogP contribution >= 0.6 is 11.8 Å². The van der Waals surface area contributed by atoms with Gasteiger partial charge in [-0.1, -0.05) is 30.3 Å². The quantitative estimate of drug-likeness (QED) is 0.892. The smallest absolute Gasteiger partial charge is 0.0713 e. The molecule has 2 aromatic rings. The third kappa shape index (κ3) is 3.00. The van der Waals surface area contributed by atoms with Crippen molar-refractivity contribution in [2.24, 2.45) is 0 Å². The van der Waals surface area contributed by atoms with Crippen molar-refractivity contribution >= 4 is 17.4 Å². The van der Waals surface area contributed by atoms with Gasteiger partial charge in [0.1, 0.15) is 0 Å². The zero-order valence-corrected chi connectivity index (χ0v) is 12.5. The predicted molar refractivity (Wildman–Crippen MR) is 85.6 cm³/mol. The van der Waals surface area contributed by atoms with Gasteiger partial charge < -0.3 is 10.1 Å². The zero-order valence-electron chi connectivity index (χ0n) is 11.6. The molecule has 104 valence electrons. The van der Waals surface area contributed by atoms with Crippen molar-refractivity contribution in [1.82, 2.24) is 0 Å². The Balaban J connectivity index is 1.64. The van der Waals surface area contributed by atoms with Crippen LogP contribution in [0.15, 0.2) is 53.4 Å². The first kappa shape index (κ1) is 13.5. The highest BCUT2D eigenvalue weighted by molar-refractivity contribution is 7.99. The van der Waals surface area contributed by atoms with E-state index < -0.39 is 0 Å². The van der Waals surface area contributed by atoms with E-state index in [1.54, 1.807) is 7.11 Å². The molecule has 1 atom stereocenters. The molecule has 0 bridgehead atoms. The van der Waals surface area contributed by atoms with E-state index in [-0.39, 0.29) is 0 Å². The first-order valence-electron chi connectivity index (χ1n) is 6.90. The third-order valence-electron chi connectivity index (χ3n) is 3.59. The predicted octanol–water partition coefficient (Wildman–Crippen LogP) is 4.13. The molecule has 1 N–H and O–H groups in total. The molecule has 1 aliphatic rings. The van der Waals surface area contributed by atoms with Gasteiger partial charge in [0.2, 0.25) is 0 Å². The molecule has 0 radical (unpaired) electrons. The largest absolute Gasteiger partial charge is 0.384 e. The lowest BCUT2D eigenvalue weighted by Gasteiger charge is -2.14. The minimum absolute atomic E-state index is 0.599. The van der Waals surface area contributed by atoms with Crippen molar-refractivity contribution in [3.8, 4) is 0 Å². The molecule has 3 heteroatoms. The third-order valence-corrected chi connectivity index (χ3v) is 4.84. The molecule has 0 spiro atoms. The van der Waals surface area contributed by atoms with Crippen LogP contribution in [-0.4, -0.2) is 19.4 Å². The number of hydrogen-bond acceptors (Lipinski definition) is 3. The molecule has 0 aliphatic carbocycles. The summed E-state index contributed by atoms with van der Waals surface area (Å²) in [6.45, 7) is 1.65. The van der Waals surface area contributed by atoms with Gasteiger partial charge in [0.25, 0.3) is 0 Å². The van der Waals surface area contributed by atoms with Crippen LogP contribution in [0.1, 0.15) is 17.0 Å². The van der Waals surface area contributed by atoms with E-state index in [0.29, 0.717) is 12.5 Å². The maximum Gasteiger partial charge on any atom is 0.0713 e. The second-order valence-electron chi connectivity index (χ2n) is 5.06. The molecule has 2 nitrogen and oxygen atoms in total. The average Bonchev–Trinajstić information content (AvgIpc) is 2.89. The maximum absolute atomic E-state index is 5.18. The molecular formula is C17H19NOS. The SMILES string of the molecule is COCc1cccc(NCC2CSc3ccccc32)c1. The topological polar surface area (TPSA) is 21.3 Å². The number of thioether (sulfide) groups is 1. The molecule has 0 aromatic heterocycles. The fraction of sp³-hybridized carbons (Fsp3) is 0.294.